The van der Waals surface area contributed by atoms with Crippen molar-refractivity contribution in [3.63, 3.8) is 0 Å². The molecule has 100 valence electrons. The number of aliphatic hydroxyl groups is 1. The summed E-state index contributed by atoms with van der Waals surface area (Å²) >= 11 is 0. The molecule has 2 rings (SSSR count). The largest absolute Gasteiger partial charge is 0.394 e. The molecule has 0 spiro atoms. The lowest BCUT2D eigenvalue weighted by atomic mass is 9.82. The molecule has 0 amide bonds. The Labute approximate surface area is 105 Å². The van der Waals surface area contributed by atoms with Crippen molar-refractivity contribution in [1.82, 2.24) is 5.32 Å². The van der Waals surface area contributed by atoms with E-state index in [-0.39, 0.29) is 12.1 Å². The Balaban J connectivity index is 1.82. The lowest BCUT2D eigenvalue weighted by Crippen LogP contribution is -2.56. The summed E-state index contributed by atoms with van der Waals surface area (Å²) in [7, 11) is 0. The molecule has 3 heteroatoms. The Kier molecular flexibility index (Phi) is 4.83. The van der Waals surface area contributed by atoms with E-state index >= 15 is 0 Å². The normalized spacial score (nSPS) is 33.5. The number of aliphatic hydroxyl groups excluding tert-OH is 1. The van der Waals surface area contributed by atoms with Crippen LogP contribution in [0.25, 0.3) is 0 Å². The van der Waals surface area contributed by atoms with E-state index in [9.17, 15) is 5.11 Å². The van der Waals surface area contributed by atoms with E-state index in [0.29, 0.717) is 6.04 Å². The second-order valence-electron chi connectivity index (χ2n) is 5.82. The smallest absolute Gasteiger partial charge is 0.0615 e. The lowest BCUT2D eigenvalue weighted by Gasteiger charge is -2.41. The molecule has 0 bridgehead atoms. The third kappa shape index (κ3) is 3.43. The maximum atomic E-state index is 9.65. The first-order valence-electron chi connectivity index (χ1n) is 7.24. The van der Waals surface area contributed by atoms with Crippen LogP contribution in [0.5, 0.6) is 0 Å². The van der Waals surface area contributed by atoms with Crippen LogP contribution in [0.3, 0.4) is 0 Å². The minimum absolute atomic E-state index is 0.0536. The van der Waals surface area contributed by atoms with Crippen molar-refractivity contribution in [3.05, 3.63) is 0 Å². The molecule has 1 saturated heterocycles. The van der Waals surface area contributed by atoms with Crippen molar-refractivity contribution in [1.29, 1.82) is 0 Å². The van der Waals surface area contributed by atoms with E-state index in [1.165, 1.54) is 32.1 Å². The second-order valence-corrected chi connectivity index (χ2v) is 5.82. The van der Waals surface area contributed by atoms with E-state index in [2.05, 4.69) is 12.2 Å². The van der Waals surface area contributed by atoms with E-state index < -0.39 is 0 Å². The lowest BCUT2D eigenvalue weighted by molar-refractivity contribution is 0.00335. The molecule has 0 atom stereocenters. The summed E-state index contributed by atoms with van der Waals surface area (Å²) < 4.78 is 5.40. The third-order valence-electron chi connectivity index (χ3n) is 4.69. The zero-order chi connectivity index (χ0) is 12.1. The van der Waals surface area contributed by atoms with Crippen molar-refractivity contribution < 1.29 is 9.84 Å². The monoisotopic (exact) mass is 241 g/mol. The molecule has 1 heterocycles. The van der Waals surface area contributed by atoms with Crippen LogP contribution in [-0.4, -0.2) is 36.5 Å². The van der Waals surface area contributed by atoms with E-state index in [1.807, 2.05) is 0 Å². The minimum atomic E-state index is -0.0536. The molecule has 0 aromatic carbocycles. The maximum absolute atomic E-state index is 9.65. The van der Waals surface area contributed by atoms with Gasteiger partial charge in [-0.25, -0.2) is 0 Å². The minimum Gasteiger partial charge on any atom is -0.394 e. The number of ether oxygens (including phenoxy) is 1. The first-order valence-corrected chi connectivity index (χ1v) is 7.24. The predicted molar refractivity (Wildman–Crippen MR) is 69.0 cm³/mol. The Bertz CT molecular complexity index is 218. The quantitative estimate of drug-likeness (QED) is 0.792. The van der Waals surface area contributed by atoms with Crippen LogP contribution in [-0.2, 0) is 4.74 Å². The molecule has 2 N–H and O–H groups in total. The average molecular weight is 241 g/mol. The molecule has 0 aromatic heterocycles. The average Bonchev–Trinajstić information content (AvgIpc) is 2.41. The fourth-order valence-electron chi connectivity index (χ4n) is 3.26. The van der Waals surface area contributed by atoms with Gasteiger partial charge >= 0.3 is 0 Å². The van der Waals surface area contributed by atoms with Crippen LogP contribution in [0.4, 0.5) is 0 Å². The summed E-state index contributed by atoms with van der Waals surface area (Å²) in [5.74, 6) is 0.938. The van der Waals surface area contributed by atoms with Crippen LogP contribution in [0.2, 0.25) is 0 Å². The fourth-order valence-corrected chi connectivity index (χ4v) is 3.26. The molecule has 0 radical (unpaired) electrons. The van der Waals surface area contributed by atoms with Crippen molar-refractivity contribution in [2.75, 3.05) is 19.8 Å². The summed E-state index contributed by atoms with van der Waals surface area (Å²) in [5, 5.41) is 13.4. The first-order chi connectivity index (χ1) is 8.28. The van der Waals surface area contributed by atoms with Gasteiger partial charge in [0.05, 0.1) is 6.61 Å². The first kappa shape index (κ1) is 13.3. The number of nitrogens with one attached hydrogen (secondary N) is 1. The Morgan fingerprint density at radius 2 is 1.82 bits per heavy atom. The van der Waals surface area contributed by atoms with Crippen molar-refractivity contribution in [2.45, 2.75) is 63.5 Å². The third-order valence-corrected chi connectivity index (χ3v) is 4.69. The van der Waals surface area contributed by atoms with Crippen LogP contribution in [0, 0.1) is 5.92 Å². The van der Waals surface area contributed by atoms with Crippen molar-refractivity contribution >= 4 is 0 Å². The number of rotatable bonds is 4. The van der Waals surface area contributed by atoms with Crippen LogP contribution in [0.1, 0.15) is 51.9 Å². The molecule has 2 aliphatic rings. The molecule has 0 unspecified atom stereocenters. The highest BCUT2D eigenvalue weighted by Crippen LogP contribution is 2.29. The van der Waals surface area contributed by atoms with Gasteiger partial charge in [0, 0.05) is 24.8 Å². The Morgan fingerprint density at radius 3 is 2.35 bits per heavy atom. The van der Waals surface area contributed by atoms with E-state index in [4.69, 9.17) is 4.74 Å². The molecule has 1 aliphatic heterocycles. The predicted octanol–water partition coefficient (Wildman–Crippen LogP) is 2.09. The van der Waals surface area contributed by atoms with Crippen LogP contribution in [0.15, 0.2) is 0 Å². The number of hydrogen-bond donors (Lipinski definition) is 2. The number of hydrogen-bond acceptors (Lipinski definition) is 3. The summed E-state index contributed by atoms with van der Waals surface area (Å²) in [5.41, 5.74) is -0.0536. The SMILES string of the molecule is CCC1CCC(NC2(CO)CCOCC2)CC1. The van der Waals surface area contributed by atoms with Gasteiger partial charge < -0.3 is 15.2 Å². The maximum Gasteiger partial charge on any atom is 0.0615 e. The van der Waals surface area contributed by atoms with Gasteiger partial charge in [-0.05, 0) is 44.4 Å². The Morgan fingerprint density at radius 1 is 1.18 bits per heavy atom. The molecule has 1 aliphatic carbocycles. The second kappa shape index (κ2) is 6.17. The van der Waals surface area contributed by atoms with Crippen LogP contribution < -0.4 is 5.32 Å². The van der Waals surface area contributed by atoms with Gasteiger partial charge in [-0.3, -0.25) is 0 Å². The van der Waals surface area contributed by atoms with Gasteiger partial charge in [0.15, 0.2) is 0 Å². The van der Waals surface area contributed by atoms with Gasteiger partial charge in [0.25, 0.3) is 0 Å². The molecule has 17 heavy (non-hydrogen) atoms. The molecule has 3 nitrogen and oxygen atoms in total. The van der Waals surface area contributed by atoms with Gasteiger partial charge in [-0.1, -0.05) is 13.3 Å². The molecule has 1 saturated carbocycles. The molecular weight excluding hydrogens is 214 g/mol. The molecule has 2 fully saturated rings. The summed E-state index contributed by atoms with van der Waals surface area (Å²) in [6.45, 7) is 4.13. The van der Waals surface area contributed by atoms with E-state index in [0.717, 1.165) is 32.0 Å². The standard InChI is InChI=1S/C14H27NO2/c1-2-12-3-5-13(6-4-12)15-14(11-16)7-9-17-10-8-14/h12-13,15-16H,2-11H2,1H3. The summed E-state index contributed by atoms with van der Waals surface area (Å²) in [4.78, 5) is 0. The van der Waals surface area contributed by atoms with Crippen LogP contribution >= 0.6 is 0 Å². The van der Waals surface area contributed by atoms with Gasteiger partial charge in [-0.2, -0.15) is 0 Å². The highest BCUT2D eigenvalue weighted by Gasteiger charge is 2.34. The fraction of sp³-hybridized carbons (Fsp3) is 1.00. The topological polar surface area (TPSA) is 41.5 Å². The Hall–Kier alpha value is -0.120. The zero-order valence-electron chi connectivity index (χ0n) is 11.1. The zero-order valence-corrected chi connectivity index (χ0v) is 11.1. The summed E-state index contributed by atoms with van der Waals surface area (Å²) in [6, 6.07) is 0.614. The van der Waals surface area contributed by atoms with Crippen molar-refractivity contribution in [3.8, 4) is 0 Å². The summed E-state index contributed by atoms with van der Waals surface area (Å²) in [6.07, 6.45) is 8.50. The molecular formula is C14H27NO2. The highest BCUT2D eigenvalue weighted by atomic mass is 16.5. The van der Waals surface area contributed by atoms with Gasteiger partial charge in [-0.15, -0.1) is 0 Å². The van der Waals surface area contributed by atoms with E-state index in [1.54, 1.807) is 0 Å². The van der Waals surface area contributed by atoms with Crippen molar-refractivity contribution in [2.24, 2.45) is 5.92 Å². The van der Waals surface area contributed by atoms with Gasteiger partial charge in [0.1, 0.15) is 0 Å². The molecule has 0 aromatic rings. The van der Waals surface area contributed by atoms with Gasteiger partial charge in [0.2, 0.25) is 0 Å². The highest BCUT2D eigenvalue weighted by molar-refractivity contribution is 4.93.